The average molecular weight is 129 g/mol. The van der Waals surface area contributed by atoms with Gasteiger partial charge in [0.2, 0.25) is 0 Å². The van der Waals surface area contributed by atoms with Gasteiger partial charge in [0.15, 0.2) is 0 Å². The third kappa shape index (κ3) is 3.11. The second-order valence-corrected chi connectivity index (χ2v) is 1.90. The maximum atomic E-state index is 5.52. The van der Waals surface area contributed by atoms with Gasteiger partial charge in [-0.25, -0.2) is 0 Å². The van der Waals surface area contributed by atoms with Crippen molar-refractivity contribution in [1.82, 2.24) is 5.32 Å². The third-order valence-electron chi connectivity index (χ3n) is 1.11. The van der Waals surface area contributed by atoms with Crippen LogP contribution in [0.1, 0.15) is 6.92 Å². The van der Waals surface area contributed by atoms with Crippen LogP contribution in [0.5, 0.6) is 0 Å². The van der Waals surface area contributed by atoms with E-state index >= 15 is 0 Å². The smallest absolute Gasteiger partial charge is 0.0562 e. The molecule has 5 N–H and O–H groups in total. The van der Waals surface area contributed by atoms with Crippen molar-refractivity contribution in [2.75, 3.05) is 13.1 Å². The van der Waals surface area contributed by atoms with E-state index in [4.69, 9.17) is 11.5 Å². The maximum absolute atomic E-state index is 5.52. The molecule has 0 aliphatic rings. The summed E-state index contributed by atoms with van der Waals surface area (Å²) >= 11 is 0. The van der Waals surface area contributed by atoms with Gasteiger partial charge in [-0.15, -0.1) is 0 Å². The van der Waals surface area contributed by atoms with E-state index in [0.717, 1.165) is 12.2 Å². The van der Waals surface area contributed by atoms with Gasteiger partial charge in [-0.3, -0.25) is 0 Å². The summed E-state index contributed by atoms with van der Waals surface area (Å²) in [6.45, 7) is 7.00. The summed E-state index contributed by atoms with van der Waals surface area (Å²) in [5.74, 6) is 0. The largest absolute Gasteiger partial charge is 0.388 e. The molecule has 0 aromatic rings. The van der Waals surface area contributed by atoms with Crippen molar-refractivity contribution in [2.24, 2.45) is 11.5 Å². The van der Waals surface area contributed by atoms with Gasteiger partial charge in [0.25, 0.3) is 0 Å². The number of nitrogens with two attached hydrogens (primary N) is 2. The minimum atomic E-state index is -0.107. The second-order valence-electron chi connectivity index (χ2n) is 1.90. The first-order valence-electron chi connectivity index (χ1n) is 3.10. The van der Waals surface area contributed by atoms with Gasteiger partial charge in [-0.2, -0.15) is 0 Å². The van der Waals surface area contributed by atoms with Crippen molar-refractivity contribution in [3.63, 3.8) is 0 Å². The van der Waals surface area contributed by atoms with Crippen LogP contribution in [0.2, 0.25) is 0 Å². The monoisotopic (exact) mass is 129 g/mol. The molecule has 0 spiro atoms. The van der Waals surface area contributed by atoms with Gasteiger partial charge >= 0.3 is 0 Å². The van der Waals surface area contributed by atoms with Crippen molar-refractivity contribution in [3.05, 3.63) is 12.3 Å². The molecule has 3 nitrogen and oxygen atoms in total. The molecule has 0 aliphatic heterocycles. The lowest BCUT2D eigenvalue weighted by Gasteiger charge is -2.12. The van der Waals surface area contributed by atoms with E-state index in [-0.39, 0.29) is 6.04 Å². The summed E-state index contributed by atoms with van der Waals surface area (Å²) in [4.78, 5) is 0. The van der Waals surface area contributed by atoms with Crippen LogP contribution in [0, 0.1) is 0 Å². The lowest BCUT2D eigenvalue weighted by Crippen LogP contribution is -2.36. The van der Waals surface area contributed by atoms with Crippen LogP contribution in [-0.2, 0) is 0 Å². The molecule has 0 fully saturated rings. The molecule has 0 heterocycles. The molecule has 54 valence electrons. The Balaban J connectivity index is 3.46. The predicted octanol–water partition coefficient (Wildman–Crippen LogP) is -0.604. The van der Waals surface area contributed by atoms with Gasteiger partial charge in [-0.05, 0) is 6.92 Å². The zero-order valence-electron chi connectivity index (χ0n) is 5.85. The quantitative estimate of drug-likeness (QED) is 0.474. The molecule has 0 saturated carbocycles. The molecular weight excluding hydrogens is 114 g/mol. The van der Waals surface area contributed by atoms with E-state index in [1.165, 1.54) is 0 Å². The van der Waals surface area contributed by atoms with Crippen LogP contribution < -0.4 is 16.8 Å². The van der Waals surface area contributed by atoms with Gasteiger partial charge < -0.3 is 16.8 Å². The zero-order valence-corrected chi connectivity index (χ0v) is 5.85. The lowest BCUT2D eigenvalue weighted by molar-refractivity contribution is 0.692. The normalized spacial score (nSPS) is 12.8. The highest BCUT2D eigenvalue weighted by Crippen LogP contribution is 1.86. The Bertz CT molecular complexity index is 90.3. The fraction of sp³-hybridized carbons (Fsp3) is 0.667. The summed E-state index contributed by atoms with van der Waals surface area (Å²) < 4.78 is 0. The third-order valence-corrected chi connectivity index (χ3v) is 1.11. The predicted molar refractivity (Wildman–Crippen MR) is 39.8 cm³/mol. The van der Waals surface area contributed by atoms with E-state index in [2.05, 4.69) is 11.9 Å². The Morgan fingerprint density at radius 1 is 1.78 bits per heavy atom. The van der Waals surface area contributed by atoms with Gasteiger partial charge in [0.05, 0.1) is 6.04 Å². The highest BCUT2D eigenvalue weighted by molar-refractivity contribution is 5.01. The minimum Gasteiger partial charge on any atom is -0.388 e. The SMILES string of the molecule is C=C(NCC)C(N)CN. The van der Waals surface area contributed by atoms with Crippen LogP contribution in [0.3, 0.4) is 0 Å². The van der Waals surface area contributed by atoms with Crippen molar-refractivity contribution >= 4 is 0 Å². The molecular formula is C6H15N3. The summed E-state index contributed by atoms with van der Waals surface area (Å²) in [6, 6.07) is -0.107. The molecule has 3 heteroatoms. The fourth-order valence-electron chi connectivity index (χ4n) is 0.500. The Kier molecular flexibility index (Phi) is 4.09. The summed E-state index contributed by atoms with van der Waals surface area (Å²) in [5.41, 5.74) is 11.6. The molecule has 0 rings (SSSR count). The topological polar surface area (TPSA) is 64.1 Å². The first-order valence-corrected chi connectivity index (χ1v) is 3.10. The molecule has 0 radical (unpaired) electrons. The Morgan fingerprint density at radius 2 is 2.33 bits per heavy atom. The van der Waals surface area contributed by atoms with E-state index in [1.807, 2.05) is 6.92 Å². The first kappa shape index (κ1) is 8.46. The van der Waals surface area contributed by atoms with Crippen LogP contribution in [0.4, 0.5) is 0 Å². The zero-order chi connectivity index (χ0) is 7.28. The molecule has 0 bridgehead atoms. The van der Waals surface area contributed by atoms with Crippen molar-refractivity contribution in [1.29, 1.82) is 0 Å². The molecule has 0 aromatic heterocycles. The van der Waals surface area contributed by atoms with Crippen LogP contribution in [-0.4, -0.2) is 19.1 Å². The molecule has 1 atom stereocenters. The van der Waals surface area contributed by atoms with Gasteiger partial charge in [0, 0.05) is 18.8 Å². The average Bonchev–Trinajstić information content (AvgIpc) is 1.87. The van der Waals surface area contributed by atoms with Crippen molar-refractivity contribution in [3.8, 4) is 0 Å². The summed E-state index contributed by atoms with van der Waals surface area (Å²) in [7, 11) is 0. The molecule has 0 saturated heterocycles. The Hall–Kier alpha value is -0.540. The highest BCUT2D eigenvalue weighted by atomic mass is 14.9. The molecule has 1 unspecified atom stereocenters. The van der Waals surface area contributed by atoms with Crippen molar-refractivity contribution in [2.45, 2.75) is 13.0 Å². The minimum absolute atomic E-state index is 0.107. The second kappa shape index (κ2) is 4.35. The van der Waals surface area contributed by atoms with Crippen LogP contribution in [0.15, 0.2) is 12.3 Å². The number of hydrogen-bond acceptors (Lipinski definition) is 3. The van der Waals surface area contributed by atoms with Gasteiger partial charge in [0.1, 0.15) is 0 Å². The maximum Gasteiger partial charge on any atom is 0.0562 e. The number of likely N-dealkylation sites (N-methyl/N-ethyl adjacent to an activating group) is 1. The van der Waals surface area contributed by atoms with Gasteiger partial charge in [-0.1, -0.05) is 6.58 Å². The van der Waals surface area contributed by atoms with Crippen LogP contribution >= 0.6 is 0 Å². The molecule has 9 heavy (non-hydrogen) atoms. The standard InChI is InChI=1S/C6H15N3/c1-3-9-5(2)6(8)4-7/h6,9H,2-4,7-8H2,1H3. The number of nitrogens with one attached hydrogen (secondary N) is 1. The molecule has 0 aliphatic carbocycles. The van der Waals surface area contributed by atoms with E-state index in [1.54, 1.807) is 0 Å². The summed E-state index contributed by atoms with van der Waals surface area (Å²) in [6.07, 6.45) is 0. The molecule has 0 amide bonds. The van der Waals surface area contributed by atoms with E-state index in [0.29, 0.717) is 6.54 Å². The van der Waals surface area contributed by atoms with Crippen molar-refractivity contribution < 1.29 is 0 Å². The Morgan fingerprint density at radius 3 is 2.67 bits per heavy atom. The first-order chi connectivity index (χ1) is 4.22. The lowest BCUT2D eigenvalue weighted by atomic mass is 10.2. The Labute approximate surface area is 56.1 Å². The highest BCUT2D eigenvalue weighted by Gasteiger charge is 2.00. The number of hydrogen-bond donors (Lipinski definition) is 3. The summed E-state index contributed by atoms with van der Waals surface area (Å²) in [5, 5.41) is 3.00. The van der Waals surface area contributed by atoms with E-state index in [9.17, 15) is 0 Å². The van der Waals surface area contributed by atoms with E-state index < -0.39 is 0 Å². The van der Waals surface area contributed by atoms with Crippen LogP contribution in [0.25, 0.3) is 0 Å². The fourth-order valence-corrected chi connectivity index (χ4v) is 0.500. The molecule has 0 aromatic carbocycles. The number of rotatable bonds is 4.